The molecule has 2 aromatic rings. The Hall–Kier alpha value is -2.43. The molecular weight excluding hydrogens is 252 g/mol. The van der Waals surface area contributed by atoms with Crippen molar-refractivity contribution in [2.75, 3.05) is 23.8 Å². The molecule has 0 aliphatic heterocycles. The molecule has 0 radical (unpaired) electrons. The molecule has 104 valence electrons. The van der Waals surface area contributed by atoms with Crippen molar-refractivity contribution in [3.63, 3.8) is 0 Å². The maximum atomic E-state index is 12.5. The number of carbonyl (C=O) groups is 1. The van der Waals surface area contributed by atoms with Crippen LogP contribution in [0.3, 0.4) is 0 Å². The van der Waals surface area contributed by atoms with E-state index in [1.165, 1.54) is 0 Å². The monoisotopic (exact) mass is 270 g/mol. The number of hydrogen-bond acceptors (Lipinski definition) is 4. The van der Waals surface area contributed by atoms with Crippen LogP contribution in [0.1, 0.15) is 23.0 Å². The predicted octanol–water partition coefficient (Wildman–Crippen LogP) is 2.49. The van der Waals surface area contributed by atoms with Gasteiger partial charge in [0.2, 0.25) is 0 Å². The molecule has 2 aromatic heterocycles. The number of anilines is 2. The normalized spacial score (nSPS) is 10.2. The average molecular weight is 270 g/mol. The average Bonchev–Trinajstić information content (AvgIpc) is 2.46. The quantitative estimate of drug-likeness (QED) is 0.927. The molecule has 0 spiro atoms. The molecule has 1 N–H and O–H groups in total. The third kappa shape index (κ3) is 3.12. The van der Waals surface area contributed by atoms with E-state index in [1.807, 2.05) is 19.9 Å². The van der Waals surface area contributed by atoms with Crippen LogP contribution >= 0.6 is 0 Å². The van der Waals surface area contributed by atoms with Crippen molar-refractivity contribution in [2.24, 2.45) is 0 Å². The molecule has 0 aliphatic rings. The number of carbonyl (C=O) groups excluding carboxylic acids is 1. The summed E-state index contributed by atoms with van der Waals surface area (Å²) in [6, 6.07) is 7.22. The predicted molar refractivity (Wildman–Crippen MR) is 80.1 cm³/mol. The fourth-order valence-electron chi connectivity index (χ4n) is 1.93. The first-order valence-corrected chi connectivity index (χ1v) is 6.52. The minimum Gasteiger partial charge on any atom is -0.370 e. The number of pyridine rings is 2. The standard InChI is InChI=1S/C15H18N4O/c1-4-17-14-9-12(8-11(2)18-14)15(20)19(3)13-6-5-7-16-10-13/h5-10H,4H2,1-3H3,(H,17,18). The van der Waals surface area contributed by atoms with Crippen LogP contribution in [-0.4, -0.2) is 29.5 Å². The first-order chi connectivity index (χ1) is 9.61. The van der Waals surface area contributed by atoms with Gasteiger partial charge < -0.3 is 10.2 Å². The van der Waals surface area contributed by atoms with Gasteiger partial charge in [-0.2, -0.15) is 0 Å². The third-order valence-electron chi connectivity index (χ3n) is 2.90. The van der Waals surface area contributed by atoms with Gasteiger partial charge in [-0.3, -0.25) is 9.78 Å². The number of aromatic nitrogens is 2. The Morgan fingerprint density at radius 1 is 1.40 bits per heavy atom. The van der Waals surface area contributed by atoms with E-state index in [9.17, 15) is 4.79 Å². The first kappa shape index (κ1) is 14.0. The van der Waals surface area contributed by atoms with Crippen molar-refractivity contribution in [2.45, 2.75) is 13.8 Å². The van der Waals surface area contributed by atoms with Crippen molar-refractivity contribution in [1.29, 1.82) is 0 Å². The van der Waals surface area contributed by atoms with E-state index in [0.29, 0.717) is 5.56 Å². The van der Waals surface area contributed by atoms with E-state index in [0.717, 1.165) is 23.7 Å². The summed E-state index contributed by atoms with van der Waals surface area (Å²) < 4.78 is 0. The van der Waals surface area contributed by atoms with E-state index in [1.54, 1.807) is 42.5 Å². The molecule has 1 amide bonds. The molecule has 0 aliphatic carbocycles. The summed E-state index contributed by atoms with van der Waals surface area (Å²) in [7, 11) is 1.74. The Labute approximate surface area is 118 Å². The van der Waals surface area contributed by atoms with E-state index in [2.05, 4.69) is 15.3 Å². The van der Waals surface area contributed by atoms with Crippen LogP contribution in [0.15, 0.2) is 36.7 Å². The Morgan fingerprint density at radius 2 is 2.20 bits per heavy atom. The van der Waals surface area contributed by atoms with Gasteiger partial charge in [0.1, 0.15) is 5.82 Å². The Bertz CT molecular complexity index is 598. The van der Waals surface area contributed by atoms with Gasteiger partial charge in [-0.05, 0) is 38.1 Å². The molecule has 20 heavy (non-hydrogen) atoms. The maximum Gasteiger partial charge on any atom is 0.258 e. The van der Waals surface area contributed by atoms with Gasteiger partial charge in [-0.15, -0.1) is 0 Å². The molecule has 0 unspecified atom stereocenters. The third-order valence-corrected chi connectivity index (χ3v) is 2.90. The van der Waals surface area contributed by atoms with Crippen molar-refractivity contribution >= 4 is 17.4 Å². The lowest BCUT2D eigenvalue weighted by Gasteiger charge is -2.17. The second-order valence-corrected chi connectivity index (χ2v) is 4.49. The molecule has 0 saturated carbocycles. The van der Waals surface area contributed by atoms with Crippen LogP contribution in [0.5, 0.6) is 0 Å². The highest BCUT2D eigenvalue weighted by Gasteiger charge is 2.15. The zero-order valence-electron chi connectivity index (χ0n) is 11.9. The summed E-state index contributed by atoms with van der Waals surface area (Å²) in [5.74, 6) is 0.637. The fraction of sp³-hybridized carbons (Fsp3) is 0.267. The summed E-state index contributed by atoms with van der Waals surface area (Å²) in [5, 5.41) is 3.13. The molecule has 0 fully saturated rings. The SMILES string of the molecule is CCNc1cc(C(=O)N(C)c2cccnc2)cc(C)n1. The topological polar surface area (TPSA) is 58.1 Å². The van der Waals surface area contributed by atoms with Crippen LogP contribution in [0.2, 0.25) is 0 Å². The van der Waals surface area contributed by atoms with E-state index >= 15 is 0 Å². The van der Waals surface area contributed by atoms with Gasteiger partial charge in [-0.1, -0.05) is 0 Å². The Balaban J connectivity index is 2.29. The molecular formula is C15H18N4O. The van der Waals surface area contributed by atoms with E-state index in [-0.39, 0.29) is 5.91 Å². The highest BCUT2D eigenvalue weighted by atomic mass is 16.2. The van der Waals surface area contributed by atoms with Crippen molar-refractivity contribution in [1.82, 2.24) is 9.97 Å². The molecule has 5 nitrogen and oxygen atoms in total. The number of rotatable bonds is 4. The van der Waals surface area contributed by atoms with Crippen LogP contribution in [0.4, 0.5) is 11.5 Å². The second kappa shape index (κ2) is 6.14. The first-order valence-electron chi connectivity index (χ1n) is 6.52. The number of amides is 1. The van der Waals surface area contributed by atoms with Crippen LogP contribution < -0.4 is 10.2 Å². The lowest BCUT2D eigenvalue weighted by molar-refractivity contribution is 0.0993. The zero-order chi connectivity index (χ0) is 14.5. The van der Waals surface area contributed by atoms with Crippen LogP contribution in [0.25, 0.3) is 0 Å². The Kier molecular flexibility index (Phi) is 4.30. The summed E-state index contributed by atoms with van der Waals surface area (Å²) >= 11 is 0. The van der Waals surface area contributed by atoms with E-state index < -0.39 is 0 Å². The highest BCUT2D eigenvalue weighted by Crippen LogP contribution is 2.16. The minimum atomic E-state index is -0.0809. The number of nitrogens with one attached hydrogen (secondary N) is 1. The van der Waals surface area contributed by atoms with Crippen molar-refractivity contribution in [3.05, 3.63) is 47.9 Å². The molecule has 5 heteroatoms. The van der Waals surface area contributed by atoms with Gasteiger partial charge >= 0.3 is 0 Å². The van der Waals surface area contributed by atoms with Crippen molar-refractivity contribution in [3.8, 4) is 0 Å². The molecule has 0 saturated heterocycles. The largest absolute Gasteiger partial charge is 0.370 e. The van der Waals surface area contributed by atoms with Crippen molar-refractivity contribution < 1.29 is 4.79 Å². The number of hydrogen-bond donors (Lipinski definition) is 1. The lowest BCUT2D eigenvalue weighted by atomic mass is 10.2. The minimum absolute atomic E-state index is 0.0809. The lowest BCUT2D eigenvalue weighted by Crippen LogP contribution is -2.26. The molecule has 0 bridgehead atoms. The molecule has 0 atom stereocenters. The van der Waals surface area contributed by atoms with Gasteiger partial charge in [0.25, 0.3) is 5.91 Å². The zero-order valence-corrected chi connectivity index (χ0v) is 11.9. The Morgan fingerprint density at radius 3 is 2.85 bits per heavy atom. The summed E-state index contributed by atoms with van der Waals surface area (Å²) in [4.78, 5) is 22.4. The maximum absolute atomic E-state index is 12.5. The van der Waals surface area contributed by atoms with Gasteiger partial charge in [0.15, 0.2) is 0 Å². The summed E-state index contributed by atoms with van der Waals surface area (Å²) in [6.07, 6.45) is 3.35. The number of aryl methyl sites for hydroxylation is 1. The summed E-state index contributed by atoms with van der Waals surface area (Å²) in [6.45, 7) is 4.64. The summed E-state index contributed by atoms with van der Waals surface area (Å²) in [5.41, 5.74) is 2.18. The van der Waals surface area contributed by atoms with Crippen LogP contribution in [-0.2, 0) is 0 Å². The van der Waals surface area contributed by atoms with Gasteiger partial charge in [-0.25, -0.2) is 4.98 Å². The molecule has 2 rings (SSSR count). The van der Waals surface area contributed by atoms with Gasteiger partial charge in [0.05, 0.1) is 11.9 Å². The highest BCUT2D eigenvalue weighted by molar-refractivity contribution is 6.06. The van der Waals surface area contributed by atoms with Crippen LogP contribution in [0, 0.1) is 6.92 Å². The second-order valence-electron chi connectivity index (χ2n) is 4.49. The molecule has 0 aromatic carbocycles. The smallest absolute Gasteiger partial charge is 0.258 e. The fourth-order valence-corrected chi connectivity index (χ4v) is 1.93. The number of nitrogens with zero attached hydrogens (tertiary/aromatic N) is 3. The van der Waals surface area contributed by atoms with E-state index in [4.69, 9.17) is 0 Å². The molecule has 2 heterocycles. The van der Waals surface area contributed by atoms with Gasteiger partial charge in [0, 0.05) is 31.0 Å².